The topological polar surface area (TPSA) is 41.4 Å². The molecule has 0 amide bonds. The van der Waals surface area contributed by atoms with Crippen LogP contribution in [0.15, 0.2) is 29.5 Å². The molecule has 3 rings (SSSR count). The summed E-state index contributed by atoms with van der Waals surface area (Å²) in [7, 11) is 0. The van der Waals surface area contributed by atoms with Crippen LogP contribution in [0.2, 0.25) is 0 Å². The minimum atomic E-state index is 0.0848. The van der Waals surface area contributed by atoms with E-state index in [0.29, 0.717) is 0 Å². The van der Waals surface area contributed by atoms with Gasteiger partial charge in [-0.1, -0.05) is 6.08 Å². The highest BCUT2D eigenvalue weighted by Gasteiger charge is 2.15. The molecular formula is C13H16N4. The number of aromatic nitrogens is 2. The third kappa shape index (κ3) is 2.20. The van der Waals surface area contributed by atoms with Gasteiger partial charge in [-0.15, -0.1) is 0 Å². The van der Waals surface area contributed by atoms with E-state index in [0.717, 1.165) is 24.6 Å². The number of hydrogen-bond acceptors (Lipinski definition) is 4. The van der Waals surface area contributed by atoms with Gasteiger partial charge in [0.2, 0.25) is 0 Å². The summed E-state index contributed by atoms with van der Waals surface area (Å²) in [5, 5.41) is 0. The second-order valence-corrected chi connectivity index (χ2v) is 4.48. The van der Waals surface area contributed by atoms with E-state index in [2.05, 4.69) is 32.0 Å². The first-order valence-electron chi connectivity index (χ1n) is 6.20. The zero-order valence-electron chi connectivity index (χ0n) is 9.79. The second kappa shape index (κ2) is 4.65. The third-order valence-electron chi connectivity index (χ3n) is 3.28. The van der Waals surface area contributed by atoms with Crippen molar-refractivity contribution >= 4 is 12.0 Å². The molecule has 0 aliphatic carbocycles. The Balaban J connectivity index is 1.82. The molecule has 0 aromatic carbocycles. The molecule has 0 N–H and O–H groups in total. The summed E-state index contributed by atoms with van der Waals surface area (Å²) in [5.74, 6) is 1.05. The van der Waals surface area contributed by atoms with Crippen LogP contribution >= 0.6 is 0 Å². The lowest BCUT2D eigenvalue weighted by atomic mass is 10.1. The molecule has 4 heteroatoms. The first-order valence-corrected chi connectivity index (χ1v) is 6.20. The van der Waals surface area contributed by atoms with E-state index >= 15 is 0 Å². The molecule has 4 nitrogen and oxygen atoms in total. The van der Waals surface area contributed by atoms with E-state index in [1.807, 2.05) is 12.3 Å². The van der Waals surface area contributed by atoms with Crippen molar-refractivity contribution in [3.63, 3.8) is 0 Å². The van der Waals surface area contributed by atoms with Gasteiger partial charge in [0.25, 0.3) is 0 Å². The van der Waals surface area contributed by atoms with Crippen LogP contribution in [0, 0.1) is 0 Å². The van der Waals surface area contributed by atoms with Gasteiger partial charge in [0.15, 0.2) is 0 Å². The maximum atomic E-state index is 4.37. The van der Waals surface area contributed by atoms with E-state index in [-0.39, 0.29) is 6.04 Å². The van der Waals surface area contributed by atoms with Gasteiger partial charge in [-0.3, -0.25) is 4.99 Å². The summed E-state index contributed by atoms with van der Waals surface area (Å²) in [5.41, 5.74) is 0.991. The summed E-state index contributed by atoms with van der Waals surface area (Å²) in [6.45, 7) is 2.22. The number of nitrogens with zero attached hydrogens (tertiary/aromatic N) is 4. The van der Waals surface area contributed by atoms with Crippen LogP contribution in [0.4, 0.5) is 5.82 Å². The van der Waals surface area contributed by atoms with E-state index in [1.165, 1.54) is 19.3 Å². The summed E-state index contributed by atoms with van der Waals surface area (Å²) >= 11 is 0. The summed E-state index contributed by atoms with van der Waals surface area (Å²) in [6.07, 6.45) is 11.4. The second-order valence-electron chi connectivity index (χ2n) is 4.48. The normalized spacial score (nSPS) is 23.3. The monoisotopic (exact) mass is 228 g/mol. The quantitative estimate of drug-likeness (QED) is 0.778. The smallest absolute Gasteiger partial charge is 0.132 e. The molecule has 0 bridgehead atoms. The minimum Gasteiger partial charge on any atom is -0.357 e. The van der Waals surface area contributed by atoms with Crippen LogP contribution < -0.4 is 4.90 Å². The third-order valence-corrected chi connectivity index (χ3v) is 3.28. The maximum absolute atomic E-state index is 4.37. The Labute approximate surface area is 101 Å². The zero-order chi connectivity index (χ0) is 11.5. The van der Waals surface area contributed by atoms with Crippen LogP contribution in [0.5, 0.6) is 0 Å². The molecule has 2 aliphatic heterocycles. The van der Waals surface area contributed by atoms with Crippen LogP contribution in [0.3, 0.4) is 0 Å². The number of rotatable bonds is 2. The first-order chi connectivity index (χ1) is 8.43. The highest BCUT2D eigenvalue weighted by atomic mass is 15.2. The molecule has 0 radical (unpaired) electrons. The fraction of sp³-hybridized carbons (Fsp3) is 0.462. The Hall–Kier alpha value is -1.71. The molecule has 3 heterocycles. The van der Waals surface area contributed by atoms with Gasteiger partial charge in [-0.2, -0.15) is 0 Å². The van der Waals surface area contributed by atoms with Crippen molar-refractivity contribution in [2.24, 2.45) is 4.99 Å². The highest BCUT2D eigenvalue weighted by molar-refractivity contribution is 5.74. The van der Waals surface area contributed by atoms with Gasteiger partial charge in [0, 0.05) is 25.4 Å². The molecule has 0 saturated carbocycles. The predicted octanol–water partition coefficient (Wildman–Crippen LogP) is 2.15. The van der Waals surface area contributed by atoms with E-state index in [4.69, 9.17) is 0 Å². The fourth-order valence-electron chi connectivity index (χ4n) is 2.34. The molecule has 0 spiro atoms. The molecule has 1 fully saturated rings. The number of allylic oxidation sites excluding steroid dienone is 1. The van der Waals surface area contributed by atoms with Crippen LogP contribution in [0.25, 0.3) is 0 Å². The first kappa shape index (κ1) is 10.4. The average molecular weight is 228 g/mol. The lowest BCUT2D eigenvalue weighted by Gasteiger charge is -2.27. The Morgan fingerprint density at radius 1 is 1.12 bits per heavy atom. The zero-order valence-corrected chi connectivity index (χ0v) is 9.79. The van der Waals surface area contributed by atoms with Gasteiger partial charge in [-0.05, 0) is 25.3 Å². The molecule has 1 aromatic heterocycles. The standard InChI is InChI=1S/C13H16N4/c1-2-7-17(8-3-1)13-9-12(15-10-16-13)11-5-4-6-14-11/h4-6,9-11H,1-3,7-8H2. The average Bonchev–Trinajstić information content (AvgIpc) is 2.94. The van der Waals surface area contributed by atoms with Crippen LogP contribution in [-0.4, -0.2) is 29.3 Å². The molecular weight excluding hydrogens is 212 g/mol. The van der Waals surface area contributed by atoms with Crippen molar-refractivity contribution in [3.8, 4) is 0 Å². The Morgan fingerprint density at radius 2 is 2.00 bits per heavy atom. The van der Waals surface area contributed by atoms with Gasteiger partial charge in [0.05, 0.1) is 5.69 Å². The van der Waals surface area contributed by atoms with Crippen LogP contribution in [0.1, 0.15) is 31.0 Å². The van der Waals surface area contributed by atoms with Crippen molar-refractivity contribution in [3.05, 3.63) is 30.2 Å². The molecule has 17 heavy (non-hydrogen) atoms. The summed E-state index contributed by atoms with van der Waals surface area (Å²) in [4.78, 5) is 15.4. The number of aliphatic imine (C=N–C) groups is 1. The fourth-order valence-corrected chi connectivity index (χ4v) is 2.34. The highest BCUT2D eigenvalue weighted by Crippen LogP contribution is 2.23. The van der Waals surface area contributed by atoms with Gasteiger partial charge in [-0.25, -0.2) is 9.97 Å². The van der Waals surface area contributed by atoms with E-state index in [1.54, 1.807) is 6.33 Å². The molecule has 1 aromatic rings. The van der Waals surface area contributed by atoms with Crippen molar-refractivity contribution in [2.45, 2.75) is 25.3 Å². The lowest BCUT2D eigenvalue weighted by Crippen LogP contribution is -2.30. The molecule has 1 unspecified atom stereocenters. The maximum Gasteiger partial charge on any atom is 0.132 e. The minimum absolute atomic E-state index is 0.0848. The van der Waals surface area contributed by atoms with Crippen molar-refractivity contribution in [1.29, 1.82) is 0 Å². The predicted molar refractivity (Wildman–Crippen MR) is 68.5 cm³/mol. The molecule has 88 valence electrons. The number of hydrogen-bond donors (Lipinski definition) is 0. The van der Waals surface area contributed by atoms with E-state index in [9.17, 15) is 0 Å². The van der Waals surface area contributed by atoms with Gasteiger partial charge in [0.1, 0.15) is 18.2 Å². The van der Waals surface area contributed by atoms with Gasteiger partial charge >= 0.3 is 0 Å². The van der Waals surface area contributed by atoms with Crippen molar-refractivity contribution < 1.29 is 0 Å². The molecule has 1 atom stereocenters. The van der Waals surface area contributed by atoms with E-state index < -0.39 is 0 Å². The Kier molecular flexibility index (Phi) is 2.86. The van der Waals surface area contributed by atoms with Crippen molar-refractivity contribution in [1.82, 2.24) is 9.97 Å². The number of piperidine rings is 1. The summed E-state index contributed by atoms with van der Waals surface area (Å²) in [6, 6.07) is 2.16. The van der Waals surface area contributed by atoms with Crippen molar-refractivity contribution in [2.75, 3.05) is 18.0 Å². The largest absolute Gasteiger partial charge is 0.357 e. The lowest BCUT2D eigenvalue weighted by molar-refractivity contribution is 0.572. The summed E-state index contributed by atoms with van der Waals surface area (Å²) < 4.78 is 0. The van der Waals surface area contributed by atoms with Crippen LogP contribution in [-0.2, 0) is 0 Å². The molecule has 2 aliphatic rings. The Bertz CT molecular complexity index is 434. The SMILES string of the molecule is C1=CC(c2cc(N3CCCCC3)ncn2)N=C1. The van der Waals surface area contributed by atoms with Gasteiger partial charge < -0.3 is 4.90 Å². The number of anilines is 1. The molecule has 1 saturated heterocycles. The Morgan fingerprint density at radius 3 is 2.76 bits per heavy atom.